The van der Waals surface area contributed by atoms with Crippen molar-refractivity contribution in [3.8, 4) is 0 Å². The first-order chi connectivity index (χ1) is 18.7. The van der Waals surface area contributed by atoms with Crippen molar-refractivity contribution >= 4 is 0 Å². The number of hydrogen-bond donors (Lipinski definition) is 3. The van der Waals surface area contributed by atoms with E-state index in [1.807, 2.05) is 0 Å². The zero-order valence-electron chi connectivity index (χ0n) is 25.3. The highest BCUT2D eigenvalue weighted by Gasteiger charge is 2.51. The van der Waals surface area contributed by atoms with Gasteiger partial charge in [0.15, 0.2) is 0 Å². The zero-order valence-corrected chi connectivity index (χ0v) is 25.3. The molecule has 4 aliphatic carbocycles. The first-order valence-corrected chi connectivity index (χ1v) is 16.5. The van der Waals surface area contributed by atoms with E-state index in [-0.39, 0.29) is 11.5 Å². The first-order valence-electron chi connectivity index (χ1n) is 16.5. The molecule has 3 N–H and O–H groups in total. The summed E-state index contributed by atoms with van der Waals surface area (Å²) in [4.78, 5) is 0. The quantitative estimate of drug-likeness (QED) is 0.162. The van der Waals surface area contributed by atoms with Crippen molar-refractivity contribution in [2.24, 2.45) is 28.6 Å². The Morgan fingerprint density at radius 2 is 1.69 bits per heavy atom. The van der Waals surface area contributed by atoms with Gasteiger partial charge in [0.2, 0.25) is 0 Å². The fourth-order valence-electron chi connectivity index (χ4n) is 8.52. The van der Waals surface area contributed by atoms with Gasteiger partial charge in [0.1, 0.15) is 0 Å². The molecule has 4 rings (SSSR count). The lowest BCUT2D eigenvalue weighted by Crippen LogP contribution is -2.35. The Morgan fingerprint density at radius 1 is 0.974 bits per heavy atom. The molecule has 0 spiro atoms. The summed E-state index contributed by atoms with van der Waals surface area (Å²) >= 11 is 0. The van der Waals surface area contributed by atoms with Gasteiger partial charge in [-0.3, -0.25) is 0 Å². The molecular formula is C36H58O3. The zero-order chi connectivity index (χ0) is 28.0. The second-order valence-electron chi connectivity index (χ2n) is 14.1. The molecule has 0 aromatic heterocycles. The number of aliphatic hydroxyl groups is 3. The van der Waals surface area contributed by atoms with Crippen LogP contribution in [-0.2, 0) is 0 Å². The van der Waals surface area contributed by atoms with Crippen molar-refractivity contribution in [3.63, 3.8) is 0 Å². The van der Waals surface area contributed by atoms with Crippen molar-refractivity contribution < 1.29 is 15.3 Å². The van der Waals surface area contributed by atoms with E-state index >= 15 is 0 Å². The molecule has 220 valence electrons. The van der Waals surface area contributed by atoms with Crippen molar-refractivity contribution in [3.05, 3.63) is 47.6 Å². The van der Waals surface area contributed by atoms with Gasteiger partial charge in [-0.1, -0.05) is 102 Å². The minimum absolute atomic E-state index is 0.167. The van der Waals surface area contributed by atoms with Crippen molar-refractivity contribution in [2.75, 3.05) is 0 Å². The number of allylic oxidation sites excluding steroid dienone is 4. The maximum Gasteiger partial charge on any atom is 0.0811 e. The lowest BCUT2D eigenvalue weighted by atomic mass is 9.61. The SMILES string of the molecule is C=C1/C(=C\C=C2/CCC[C@]3(C)[C@@H]([C@H](C)/C=C/[C@H](O)C4(CCCCCCCCC)CC4)CC[C@@H]23)C[C@@H](O)C[C@@H]1O. The number of aliphatic hydroxyl groups excluding tert-OH is 3. The third-order valence-corrected chi connectivity index (χ3v) is 11.3. The molecule has 7 atom stereocenters. The van der Waals surface area contributed by atoms with E-state index in [9.17, 15) is 15.3 Å². The monoisotopic (exact) mass is 538 g/mol. The van der Waals surface area contributed by atoms with Gasteiger partial charge in [-0.25, -0.2) is 0 Å². The Bertz CT molecular complexity index is 908. The van der Waals surface area contributed by atoms with Crippen molar-refractivity contribution in [2.45, 2.75) is 148 Å². The summed E-state index contributed by atoms with van der Waals surface area (Å²) in [5.41, 5.74) is 3.79. The van der Waals surface area contributed by atoms with Crippen LogP contribution in [-0.4, -0.2) is 33.6 Å². The molecule has 4 fully saturated rings. The Labute approximate surface area is 239 Å². The molecule has 39 heavy (non-hydrogen) atoms. The standard InChI is InChI=1S/C36H58O3/c1-5-6-7-8-9-10-11-21-36(22-23-36)34(39)19-14-26(2)31-17-18-32-28(13-12-20-35(31,32)4)15-16-29-24-30(37)25-33(38)27(29)3/h14-16,19,26,30-34,37-39H,3,5-13,17-18,20-25H2,1-2,4H3/b19-14+,28-15+,29-16-/t26-,30-,31-,32+,33+,34+,35-/m1/s1. The van der Waals surface area contributed by atoms with Gasteiger partial charge >= 0.3 is 0 Å². The summed E-state index contributed by atoms with van der Waals surface area (Å²) in [7, 11) is 0. The largest absolute Gasteiger partial charge is 0.393 e. The number of fused-ring (bicyclic) bond motifs is 1. The Hall–Kier alpha value is -1.16. The van der Waals surface area contributed by atoms with Crippen LogP contribution in [0.15, 0.2) is 47.6 Å². The normalized spacial score (nSPS) is 36.0. The van der Waals surface area contributed by atoms with E-state index in [4.69, 9.17) is 0 Å². The van der Waals surface area contributed by atoms with Gasteiger partial charge in [-0.05, 0) is 97.5 Å². The molecular weight excluding hydrogens is 480 g/mol. The van der Waals surface area contributed by atoms with Crippen LogP contribution in [0.4, 0.5) is 0 Å². The maximum atomic E-state index is 11.1. The molecule has 4 saturated carbocycles. The number of rotatable bonds is 13. The lowest BCUT2D eigenvalue weighted by Gasteiger charge is -2.44. The van der Waals surface area contributed by atoms with Crippen LogP contribution < -0.4 is 0 Å². The summed E-state index contributed by atoms with van der Waals surface area (Å²) in [6, 6.07) is 0. The van der Waals surface area contributed by atoms with Gasteiger partial charge in [0.05, 0.1) is 18.3 Å². The Morgan fingerprint density at radius 3 is 2.41 bits per heavy atom. The maximum absolute atomic E-state index is 11.1. The first kappa shape index (κ1) is 30.8. The van der Waals surface area contributed by atoms with Crippen molar-refractivity contribution in [1.29, 1.82) is 0 Å². The smallest absolute Gasteiger partial charge is 0.0811 e. The van der Waals surface area contributed by atoms with Crippen LogP contribution >= 0.6 is 0 Å². The van der Waals surface area contributed by atoms with Gasteiger partial charge < -0.3 is 15.3 Å². The van der Waals surface area contributed by atoms with Gasteiger partial charge in [0, 0.05) is 6.42 Å². The molecule has 0 aromatic carbocycles. The Balaban J connectivity index is 1.32. The van der Waals surface area contributed by atoms with Crippen LogP contribution in [0.3, 0.4) is 0 Å². The van der Waals surface area contributed by atoms with Crippen molar-refractivity contribution in [1.82, 2.24) is 0 Å². The van der Waals surface area contributed by atoms with Crippen LogP contribution in [0.1, 0.15) is 130 Å². The van der Waals surface area contributed by atoms with Gasteiger partial charge in [-0.15, -0.1) is 0 Å². The summed E-state index contributed by atoms with van der Waals surface area (Å²) in [6.07, 6.45) is 27.7. The number of hydrogen-bond acceptors (Lipinski definition) is 3. The second-order valence-corrected chi connectivity index (χ2v) is 14.1. The second kappa shape index (κ2) is 13.7. The van der Waals surface area contributed by atoms with Crippen LogP contribution in [0.2, 0.25) is 0 Å². The summed E-state index contributed by atoms with van der Waals surface area (Å²) in [5, 5.41) is 31.5. The predicted molar refractivity (Wildman–Crippen MR) is 163 cm³/mol. The Kier molecular flexibility index (Phi) is 10.8. The van der Waals surface area contributed by atoms with E-state index in [1.54, 1.807) is 5.57 Å². The molecule has 0 heterocycles. The minimum atomic E-state index is -0.626. The summed E-state index contributed by atoms with van der Waals surface area (Å²) in [5.74, 6) is 1.73. The van der Waals surface area contributed by atoms with E-state index in [0.717, 1.165) is 17.6 Å². The molecule has 0 aliphatic heterocycles. The molecule has 0 radical (unpaired) electrons. The molecule has 0 amide bonds. The summed E-state index contributed by atoms with van der Waals surface area (Å²) in [6.45, 7) is 11.3. The van der Waals surface area contributed by atoms with E-state index in [2.05, 4.69) is 51.7 Å². The molecule has 0 unspecified atom stereocenters. The molecule has 0 bridgehead atoms. The van der Waals surface area contributed by atoms with Gasteiger partial charge in [0.25, 0.3) is 0 Å². The highest BCUT2D eigenvalue weighted by molar-refractivity contribution is 5.38. The van der Waals surface area contributed by atoms with Crippen LogP contribution in [0.5, 0.6) is 0 Å². The minimum Gasteiger partial charge on any atom is -0.393 e. The average Bonchev–Trinajstić information content (AvgIpc) is 3.61. The topological polar surface area (TPSA) is 60.7 Å². The van der Waals surface area contributed by atoms with Gasteiger partial charge in [-0.2, -0.15) is 0 Å². The molecule has 4 aliphatic rings. The molecule has 0 saturated heterocycles. The van der Waals surface area contributed by atoms with Crippen LogP contribution in [0.25, 0.3) is 0 Å². The fourth-order valence-corrected chi connectivity index (χ4v) is 8.52. The van der Waals surface area contributed by atoms with E-state index in [1.165, 1.54) is 89.9 Å². The van der Waals surface area contributed by atoms with E-state index < -0.39 is 12.2 Å². The predicted octanol–water partition coefficient (Wildman–Crippen LogP) is 8.60. The number of unbranched alkanes of at least 4 members (excludes halogenated alkanes) is 6. The third kappa shape index (κ3) is 7.38. The summed E-state index contributed by atoms with van der Waals surface area (Å²) < 4.78 is 0. The third-order valence-electron chi connectivity index (χ3n) is 11.3. The molecule has 3 nitrogen and oxygen atoms in total. The van der Waals surface area contributed by atoms with E-state index in [0.29, 0.717) is 36.0 Å². The molecule has 3 heteroatoms. The van der Waals surface area contributed by atoms with Crippen LogP contribution in [0, 0.1) is 28.6 Å². The highest BCUT2D eigenvalue weighted by Crippen LogP contribution is 2.60. The molecule has 0 aromatic rings. The average molecular weight is 539 g/mol. The fraction of sp³-hybridized carbons (Fsp3) is 0.778. The highest BCUT2D eigenvalue weighted by atomic mass is 16.3. The lowest BCUT2D eigenvalue weighted by molar-refractivity contribution is 0.0862.